The molecular formula is C30H25NO5. The number of aryl methyl sites for hydroxylation is 1. The van der Waals surface area contributed by atoms with Crippen LogP contribution in [0.2, 0.25) is 0 Å². The zero-order valence-corrected chi connectivity index (χ0v) is 19.8. The second-order valence-corrected chi connectivity index (χ2v) is 8.72. The summed E-state index contributed by atoms with van der Waals surface area (Å²) in [6, 6.07) is 26.8. The highest BCUT2D eigenvalue weighted by molar-refractivity contribution is 6.46. The molecule has 4 aromatic rings. The summed E-state index contributed by atoms with van der Waals surface area (Å²) in [7, 11) is 0. The van der Waals surface area contributed by atoms with Crippen LogP contribution in [-0.4, -0.2) is 21.7 Å². The Balaban J connectivity index is 1.45. The van der Waals surface area contributed by atoms with Gasteiger partial charge in [-0.2, -0.15) is 0 Å². The van der Waals surface area contributed by atoms with Crippen LogP contribution in [0.1, 0.15) is 34.1 Å². The lowest BCUT2D eigenvalue weighted by atomic mass is 9.95. The van der Waals surface area contributed by atoms with Crippen LogP contribution in [0.4, 0.5) is 0 Å². The molecule has 1 saturated heterocycles. The van der Waals surface area contributed by atoms with Crippen molar-refractivity contribution in [1.29, 1.82) is 0 Å². The van der Waals surface area contributed by atoms with E-state index in [-0.39, 0.29) is 17.9 Å². The Morgan fingerprint density at radius 2 is 1.72 bits per heavy atom. The quantitative estimate of drug-likeness (QED) is 0.206. The number of hydrogen-bond acceptors (Lipinski definition) is 5. The van der Waals surface area contributed by atoms with Crippen molar-refractivity contribution in [3.8, 4) is 5.75 Å². The van der Waals surface area contributed by atoms with Crippen LogP contribution in [0.3, 0.4) is 0 Å². The fourth-order valence-corrected chi connectivity index (χ4v) is 4.43. The van der Waals surface area contributed by atoms with E-state index in [1.807, 2.05) is 55.5 Å². The molecule has 1 atom stereocenters. The minimum Gasteiger partial charge on any atom is -0.507 e. The second-order valence-electron chi connectivity index (χ2n) is 8.72. The Labute approximate surface area is 209 Å². The Morgan fingerprint density at radius 1 is 0.944 bits per heavy atom. The number of amides is 1. The predicted octanol–water partition coefficient (Wildman–Crippen LogP) is 5.79. The molecule has 6 heteroatoms. The fraction of sp³-hybridized carbons (Fsp3) is 0.133. The SMILES string of the molecule is Cc1cccc(COc2ccc(/C(O)=C3\C(=O)C(=O)N(Cc4ccco4)C3c3ccccc3)cc2)c1. The van der Waals surface area contributed by atoms with Crippen molar-refractivity contribution >= 4 is 17.4 Å². The average Bonchev–Trinajstić information content (AvgIpc) is 3.50. The van der Waals surface area contributed by atoms with Crippen LogP contribution < -0.4 is 4.74 Å². The third kappa shape index (κ3) is 4.66. The molecule has 6 nitrogen and oxygen atoms in total. The number of Topliss-reactive ketones (excluding diaryl/α,β-unsaturated/α-hetero) is 1. The highest BCUT2D eigenvalue weighted by Gasteiger charge is 2.46. The number of aliphatic hydroxyl groups excluding tert-OH is 1. The lowest BCUT2D eigenvalue weighted by molar-refractivity contribution is -0.140. The van der Waals surface area contributed by atoms with Crippen molar-refractivity contribution in [1.82, 2.24) is 4.90 Å². The number of ketones is 1. The van der Waals surface area contributed by atoms with Crippen molar-refractivity contribution in [3.05, 3.63) is 131 Å². The molecule has 180 valence electrons. The summed E-state index contributed by atoms with van der Waals surface area (Å²) in [5.74, 6) is -0.458. The van der Waals surface area contributed by atoms with E-state index in [1.54, 1.807) is 36.4 Å². The maximum atomic E-state index is 13.1. The first-order chi connectivity index (χ1) is 17.5. The van der Waals surface area contributed by atoms with E-state index in [0.717, 1.165) is 16.7 Å². The van der Waals surface area contributed by atoms with Crippen molar-refractivity contribution in [2.24, 2.45) is 0 Å². The smallest absolute Gasteiger partial charge is 0.296 e. The van der Waals surface area contributed by atoms with E-state index in [0.29, 0.717) is 23.7 Å². The first-order valence-electron chi connectivity index (χ1n) is 11.7. The summed E-state index contributed by atoms with van der Waals surface area (Å²) >= 11 is 0. The van der Waals surface area contributed by atoms with Gasteiger partial charge in [0.05, 0.1) is 24.4 Å². The first-order valence-corrected chi connectivity index (χ1v) is 11.7. The van der Waals surface area contributed by atoms with Crippen LogP contribution in [0, 0.1) is 6.92 Å². The van der Waals surface area contributed by atoms with E-state index in [2.05, 4.69) is 6.07 Å². The third-order valence-corrected chi connectivity index (χ3v) is 6.18. The normalized spacial score (nSPS) is 16.9. The number of likely N-dealkylation sites (tertiary alicyclic amines) is 1. The molecule has 2 heterocycles. The third-order valence-electron chi connectivity index (χ3n) is 6.18. The molecule has 1 aliphatic heterocycles. The van der Waals surface area contributed by atoms with Gasteiger partial charge in [-0.15, -0.1) is 0 Å². The average molecular weight is 480 g/mol. The minimum absolute atomic E-state index is 0.0474. The van der Waals surface area contributed by atoms with Gasteiger partial charge in [0.25, 0.3) is 11.7 Å². The molecular weight excluding hydrogens is 454 g/mol. The lowest BCUT2D eigenvalue weighted by Gasteiger charge is -2.24. The monoisotopic (exact) mass is 479 g/mol. The highest BCUT2D eigenvalue weighted by Crippen LogP contribution is 2.40. The van der Waals surface area contributed by atoms with Crippen molar-refractivity contribution in [2.45, 2.75) is 26.1 Å². The van der Waals surface area contributed by atoms with Gasteiger partial charge in [-0.3, -0.25) is 9.59 Å². The molecule has 1 amide bonds. The van der Waals surface area contributed by atoms with Crippen LogP contribution in [0.25, 0.3) is 5.76 Å². The number of aliphatic hydroxyl groups is 1. The van der Waals surface area contributed by atoms with Gasteiger partial charge in [-0.05, 0) is 54.4 Å². The van der Waals surface area contributed by atoms with E-state index < -0.39 is 17.7 Å². The Morgan fingerprint density at radius 3 is 2.42 bits per heavy atom. The van der Waals surface area contributed by atoms with Crippen molar-refractivity contribution in [2.75, 3.05) is 0 Å². The maximum absolute atomic E-state index is 13.1. The van der Waals surface area contributed by atoms with Gasteiger partial charge in [0, 0.05) is 5.56 Å². The van der Waals surface area contributed by atoms with Crippen LogP contribution in [0.15, 0.2) is 107 Å². The van der Waals surface area contributed by atoms with Crippen LogP contribution >= 0.6 is 0 Å². The molecule has 0 saturated carbocycles. The molecule has 0 aliphatic carbocycles. The molecule has 1 N–H and O–H groups in total. The topological polar surface area (TPSA) is 80.0 Å². The molecule has 3 aromatic carbocycles. The number of furan rings is 1. The summed E-state index contributed by atoms with van der Waals surface area (Å²) in [6.07, 6.45) is 1.52. The van der Waals surface area contributed by atoms with E-state index >= 15 is 0 Å². The molecule has 0 spiro atoms. The Hall–Kier alpha value is -4.58. The number of ether oxygens (including phenoxy) is 1. The van der Waals surface area contributed by atoms with Gasteiger partial charge in [-0.25, -0.2) is 0 Å². The summed E-state index contributed by atoms with van der Waals surface area (Å²) in [5, 5.41) is 11.2. The number of benzene rings is 3. The zero-order chi connectivity index (χ0) is 25.1. The number of carbonyl (C=O) groups is 2. The molecule has 0 bridgehead atoms. The van der Waals surface area contributed by atoms with Gasteiger partial charge in [0.15, 0.2) is 0 Å². The fourth-order valence-electron chi connectivity index (χ4n) is 4.43. The van der Waals surface area contributed by atoms with Gasteiger partial charge in [0.2, 0.25) is 0 Å². The minimum atomic E-state index is -0.742. The second kappa shape index (κ2) is 9.96. The van der Waals surface area contributed by atoms with Crippen LogP contribution in [0.5, 0.6) is 5.75 Å². The van der Waals surface area contributed by atoms with E-state index in [4.69, 9.17) is 9.15 Å². The van der Waals surface area contributed by atoms with Gasteiger partial charge in [0.1, 0.15) is 23.9 Å². The molecule has 1 fully saturated rings. The van der Waals surface area contributed by atoms with Crippen molar-refractivity contribution in [3.63, 3.8) is 0 Å². The van der Waals surface area contributed by atoms with Gasteiger partial charge < -0.3 is 19.2 Å². The molecule has 0 radical (unpaired) electrons. The number of hydrogen-bond donors (Lipinski definition) is 1. The standard InChI is InChI=1S/C30H25NO5/c1-20-7-5-8-21(17-20)19-36-24-14-12-23(13-15-24)28(32)26-27(22-9-3-2-4-10-22)31(30(34)29(26)33)18-25-11-6-16-35-25/h2-17,27,32H,18-19H2,1H3/b28-26+. The summed E-state index contributed by atoms with van der Waals surface area (Å²) in [5.41, 5.74) is 3.42. The first kappa shape index (κ1) is 23.2. The summed E-state index contributed by atoms with van der Waals surface area (Å²) in [6.45, 7) is 2.56. The Bertz CT molecular complexity index is 1410. The molecule has 36 heavy (non-hydrogen) atoms. The number of rotatable bonds is 7. The maximum Gasteiger partial charge on any atom is 0.296 e. The highest BCUT2D eigenvalue weighted by atomic mass is 16.5. The molecule has 1 unspecified atom stereocenters. The van der Waals surface area contributed by atoms with Gasteiger partial charge >= 0.3 is 0 Å². The van der Waals surface area contributed by atoms with E-state index in [1.165, 1.54) is 11.2 Å². The Kier molecular flexibility index (Phi) is 6.41. The summed E-state index contributed by atoms with van der Waals surface area (Å²) in [4.78, 5) is 27.6. The lowest BCUT2D eigenvalue weighted by Crippen LogP contribution is -2.29. The zero-order valence-electron chi connectivity index (χ0n) is 19.8. The number of nitrogens with zero attached hydrogens (tertiary/aromatic N) is 1. The number of carbonyl (C=O) groups excluding carboxylic acids is 2. The van der Waals surface area contributed by atoms with Crippen LogP contribution in [-0.2, 0) is 22.7 Å². The molecule has 5 rings (SSSR count). The summed E-state index contributed by atoms with van der Waals surface area (Å²) < 4.78 is 11.3. The van der Waals surface area contributed by atoms with Crippen molar-refractivity contribution < 1.29 is 23.8 Å². The van der Waals surface area contributed by atoms with Gasteiger partial charge in [-0.1, -0.05) is 60.2 Å². The molecule has 1 aliphatic rings. The largest absolute Gasteiger partial charge is 0.507 e. The van der Waals surface area contributed by atoms with E-state index in [9.17, 15) is 14.7 Å². The molecule has 1 aromatic heterocycles. The predicted molar refractivity (Wildman–Crippen MR) is 135 cm³/mol.